The lowest BCUT2D eigenvalue weighted by atomic mass is 10.0. The Morgan fingerprint density at radius 1 is 0.536 bits per heavy atom. The summed E-state index contributed by atoms with van der Waals surface area (Å²) in [7, 11) is -4.38. The Bertz CT molecular complexity index is 975. The molecule has 56 heavy (non-hydrogen) atoms. The van der Waals surface area contributed by atoms with Gasteiger partial charge in [0.1, 0.15) is 6.61 Å². The van der Waals surface area contributed by atoms with Gasteiger partial charge in [-0.25, -0.2) is 4.57 Å². The Kier molecular flexibility index (Phi) is 41.9. The highest BCUT2D eigenvalue weighted by Gasteiger charge is 2.26. The molecule has 1 unspecified atom stereocenters. The maximum absolute atomic E-state index is 12.6. The second-order valence-corrected chi connectivity index (χ2v) is 17.1. The smallest absolute Gasteiger partial charge is 0.462 e. The lowest BCUT2D eigenvalue weighted by Crippen LogP contribution is -2.29. The van der Waals surface area contributed by atoms with Gasteiger partial charge in [-0.2, -0.15) is 0 Å². The van der Waals surface area contributed by atoms with Gasteiger partial charge >= 0.3 is 19.8 Å². The molecule has 0 aromatic carbocycles. The Morgan fingerprint density at radius 3 is 1.41 bits per heavy atom. The molecule has 0 aliphatic carbocycles. The Balaban J connectivity index is 4.14. The minimum Gasteiger partial charge on any atom is -0.462 e. The molecule has 2 atom stereocenters. The summed E-state index contributed by atoms with van der Waals surface area (Å²) < 4.78 is 32.8. The van der Waals surface area contributed by atoms with Crippen LogP contribution in [0.25, 0.3) is 0 Å². The Labute approximate surface area is 344 Å². The molecule has 0 fully saturated rings. The molecule has 3 N–H and O–H groups in total. The minimum absolute atomic E-state index is 0.0502. The van der Waals surface area contributed by atoms with Crippen molar-refractivity contribution in [3.63, 3.8) is 0 Å². The molecule has 0 bridgehead atoms. The predicted molar refractivity (Wildman–Crippen MR) is 234 cm³/mol. The summed E-state index contributed by atoms with van der Waals surface area (Å²) in [5, 5.41) is 0. The van der Waals surface area contributed by atoms with Gasteiger partial charge in [0.2, 0.25) is 0 Å². The van der Waals surface area contributed by atoms with E-state index in [9.17, 15) is 19.0 Å². The quantitative estimate of drug-likeness (QED) is 0.0267. The molecule has 0 aromatic rings. The maximum Gasteiger partial charge on any atom is 0.472 e. The second-order valence-electron chi connectivity index (χ2n) is 15.6. The van der Waals surface area contributed by atoms with Gasteiger partial charge in [-0.15, -0.1) is 0 Å². The number of phosphoric acid groups is 1. The highest BCUT2D eigenvalue weighted by molar-refractivity contribution is 7.47. The third-order valence-electron chi connectivity index (χ3n) is 10.1. The van der Waals surface area contributed by atoms with Crippen molar-refractivity contribution in [1.29, 1.82) is 0 Å². The average molecular weight is 814 g/mol. The average Bonchev–Trinajstić information content (AvgIpc) is 3.18. The summed E-state index contributed by atoms with van der Waals surface area (Å²) in [5.41, 5.74) is 5.35. The normalized spacial score (nSPS) is 13.4. The van der Waals surface area contributed by atoms with E-state index in [1.807, 2.05) is 0 Å². The number of carbonyl (C=O) groups is 2. The minimum atomic E-state index is -4.38. The van der Waals surface area contributed by atoms with E-state index in [2.05, 4.69) is 38.2 Å². The molecule has 0 saturated heterocycles. The summed E-state index contributed by atoms with van der Waals surface area (Å²) in [6, 6.07) is 0. The van der Waals surface area contributed by atoms with E-state index in [0.29, 0.717) is 12.8 Å². The van der Waals surface area contributed by atoms with Crippen molar-refractivity contribution < 1.29 is 37.6 Å². The van der Waals surface area contributed by atoms with E-state index < -0.39 is 32.5 Å². The third kappa shape index (κ3) is 42.1. The third-order valence-corrected chi connectivity index (χ3v) is 11.1. The van der Waals surface area contributed by atoms with Crippen molar-refractivity contribution in [2.24, 2.45) is 5.73 Å². The molecule has 0 radical (unpaired) electrons. The molecule has 0 rings (SSSR count). The van der Waals surface area contributed by atoms with Gasteiger partial charge in [-0.05, 0) is 38.5 Å². The number of esters is 2. The Hall–Kier alpha value is -1.51. The fourth-order valence-corrected chi connectivity index (χ4v) is 7.38. The van der Waals surface area contributed by atoms with E-state index in [-0.39, 0.29) is 32.6 Å². The van der Waals surface area contributed by atoms with Gasteiger partial charge < -0.3 is 20.1 Å². The number of nitrogens with two attached hydrogens (primary N) is 1. The molecule has 0 aliphatic rings. The van der Waals surface area contributed by atoms with Crippen LogP contribution in [0.2, 0.25) is 0 Å². The van der Waals surface area contributed by atoms with Crippen molar-refractivity contribution in [1.82, 2.24) is 0 Å². The molecule has 10 heteroatoms. The second kappa shape index (κ2) is 43.1. The molecule has 0 aliphatic heterocycles. The lowest BCUT2D eigenvalue weighted by Gasteiger charge is -2.19. The number of allylic oxidation sites excluding steroid dienone is 4. The van der Waals surface area contributed by atoms with Crippen LogP contribution in [0.3, 0.4) is 0 Å². The van der Waals surface area contributed by atoms with E-state index in [1.54, 1.807) is 0 Å². The largest absolute Gasteiger partial charge is 0.472 e. The predicted octanol–water partition coefficient (Wildman–Crippen LogP) is 13.6. The number of hydrogen-bond acceptors (Lipinski definition) is 8. The molecule has 9 nitrogen and oxygen atoms in total. The number of unbranched alkanes of at least 4 members (excludes halogenated alkanes) is 27. The summed E-state index contributed by atoms with van der Waals surface area (Å²) >= 11 is 0. The van der Waals surface area contributed by atoms with Gasteiger partial charge in [0.25, 0.3) is 0 Å². The van der Waals surface area contributed by atoms with Crippen LogP contribution in [-0.4, -0.2) is 49.3 Å². The number of carbonyl (C=O) groups excluding carboxylic acids is 2. The van der Waals surface area contributed by atoms with Crippen molar-refractivity contribution in [2.45, 2.75) is 232 Å². The fraction of sp³-hybridized carbons (Fsp3) is 0.870. The van der Waals surface area contributed by atoms with Crippen LogP contribution in [0.4, 0.5) is 0 Å². The zero-order valence-electron chi connectivity index (χ0n) is 36.4. The van der Waals surface area contributed by atoms with Crippen LogP contribution in [0.1, 0.15) is 226 Å². The van der Waals surface area contributed by atoms with Crippen molar-refractivity contribution in [3.05, 3.63) is 24.3 Å². The molecule has 0 amide bonds. The number of ether oxygens (including phenoxy) is 2. The van der Waals surface area contributed by atoms with Crippen molar-refractivity contribution in [2.75, 3.05) is 26.4 Å². The molecular formula is C46H88NO8P. The topological polar surface area (TPSA) is 134 Å². The lowest BCUT2D eigenvalue weighted by molar-refractivity contribution is -0.161. The summed E-state index contributed by atoms with van der Waals surface area (Å²) in [6.07, 6.45) is 46.5. The SMILES string of the molecule is CCCCCCCCCCC/C=C/C/C=C/CCCC(=O)OC[C@H](COP(=O)(O)OCCN)OC(=O)CCCCCCCCCCCCCCCCCCCC. The van der Waals surface area contributed by atoms with Crippen LogP contribution in [-0.2, 0) is 32.7 Å². The fourth-order valence-electron chi connectivity index (χ4n) is 6.62. The first-order valence-corrected chi connectivity index (χ1v) is 24.8. The molecule has 0 heterocycles. The van der Waals surface area contributed by atoms with Crippen LogP contribution in [0.15, 0.2) is 24.3 Å². The Morgan fingerprint density at radius 2 is 0.946 bits per heavy atom. The van der Waals surface area contributed by atoms with Gasteiger partial charge in [0.05, 0.1) is 13.2 Å². The van der Waals surface area contributed by atoms with E-state index in [0.717, 1.165) is 32.1 Å². The van der Waals surface area contributed by atoms with Gasteiger partial charge in [-0.1, -0.05) is 199 Å². The van der Waals surface area contributed by atoms with Crippen LogP contribution in [0.5, 0.6) is 0 Å². The van der Waals surface area contributed by atoms with Gasteiger partial charge in [-0.3, -0.25) is 18.6 Å². The monoisotopic (exact) mass is 814 g/mol. The first kappa shape index (κ1) is 54.5. The molecule has 330 valence electrons. The molecule has 0 saturated carbocycles. The summed E-state index contributed by atoms with van der Waals surface area (Å²) in [4.78, 5) is 34.9. The van der Waals surface area contributed by atoms with Gasteiger partial charge in [0.15, 0.2) is 6.10 Å². The van der Waals surface area contributed by atoms with Gasteiger partial charge in [0, 0.05) is 19.4 Å². The molecular weight excluding hydrogens is 725 g/mol. The van der Waals surface area contributed by atoms with Crippen molar-refractivity contribution >= 4 is 19.8 Å². The first-order chi connectivity index (χ1) is 27.3. The highest BCUT2D eigenvalue weighted by Crippen LogP contribution is 2.43. The molecule has 0 aromatic heterocycles. The zero-order chi connectivity index (χ0) is 41.1. The summed E-state index contributed by atoms with van der Waals surface area (Å²) in [6.45, 7) is 3.72. The number of hydrogen-bond donors (Lipinski definition) is 2. The maximum atomic E-state index is 12.6. The van der Waals surface area contributed by atoms with Crippen LogP contribution in [0, 0.1) is 0 Å². The van der Waals surface area contributed by atoms with E-state index in [4.69, 9.17) is 24.3 Å². The first-order valence-electron chi connectivity index (χ1n) is 23.3. The zero-order valence-corrected chi connectivity index (χ0v) is 37.3. The number of phosphoric ester groups is 1. The van der Waals surface area contributed by atoms with Crippen LogP contribution >= 0.6 is 7.82 Å². The number of rotatable bonds is 44. The standard InChI is InChI=1S/C46H88NO8P/c1-3-5-7-9-11-13-15-17-19-21-23-25-27-29-31-33-35-37-39-46(49)55-44(43-54-56(50,51)53-41-40-47)42-52-45(48)38-36-34-32-30-28-26-24-22-20-18-16-14-12-10-8-6-4-2/h24,26,30,32,44H,3-23,25,27-29,31,33-43,47H2,1-2H3,(H,50,51)/b26-24+,32-30+/t44-/m1/s1. The van der Waals surface area contributed by atoms with Crippen LogP contribution < -0.4 is 5.73 Å². The summed E-state index contributed by atoms with van der Waals surface area (Å²) in [5.74, 6) is -0.871. The highest BCUT2D eigenvalue weighted by atomic mass is 31.2. The van der Waals surface area contributed by atoms with E-state index >= 15 is 0 Å². The molecule has 0 spiro atoms. The van der Waals surface area contributed by atoms with E-state index in [1.165, 1.54) is 154 Å². The van der Waals surface area contributed by atoms with Crippen molar-refractivity contribution in [3.8, 4) is 0 Å².